The highest BCUT2D eigenvalue weighted by atomic mass is 19.1. The largest absolute Gasteiger partial charge is 0.354 e. The fraction of sp³-hybridized carbons (Fsp3) is 0.412. The second kappa shape index (κ2) is 7.73. The summed E-state index contributed by atoms with van der Waals surface area (Å²) in [5.74, 6) is -0.163. The number of aryl methyl sites for hydroxylation is 1. The third-order valence-electron chi connectivity index (χ3n) is 3.62. The smallest absolute Gasteiger partial charge is 0.220 e. The van der Waals surface area contributed by atoms with E-state index in [1.807, 2.05) is 24.7 Å². The van der Waals surface area contributed by atoms with Gasteiger partial charge in [-0.25, -0.2) is 4.39 Å². The van der Waals surface area contributed by atoms with Crippen LogP contribution in [0.2, 0.25) is 0 Å². The third-order valence-corrected chi connectivity index (χ3v) is 3.62. The van der Waals surface area contributed by atoms with Gasteiger partial charge in [-0.2, -0.15) is 5.10 Å². The summed E-state index contributed by atoms with van der Waals surface area (Å²) in [4.78, 5) is 11.7. The Morgan fingerprint density at radius 2 is 2.05 bits per heavy atom. The standard InChI is InChI=1S/C17H22FN3O/c1-3-13(2)20-17(22)5-4-10-21-12-15(11-19-21)14-6-8-16(18)9-7-14/h6-9,11-13H,3-5,10H2,1-2H3,(H,20,22)/t13-/m1/s1. The van der Waals surface area contributed by atoms with E-state index in [1.54, 1.807) is 18.3 Å². The molecule has 0 aliphatic rings. The van der Waals surface area contributed by atoms with Crippen LogP contribution in [-0.2, 0) is 11.3 Å². The first-order valence-corrected chi connectivity index (χ1v) is 7.66. The van der Waals surface area contributed by atoms with Gasteiger partial charge in [-0.15, -0.1) is 0 Å². The molecule has 0 saturated heterocycles. The Morgan fingerprint density at radius 3 is 2.73 bits per heavy atom. The predicted octanol–water partition coefficient (Wildman–Crippen LogP) is 3.38. The minimum atomic E-state index is -0.247. The van der Waals surface area contributed by atoms with E-state index >= 15 is 0 Å². The topological polar surface area (TPSA) is 46.9 Å². The molecule has 0 saturated carbocycles. The Balaban J connectivity index is 1.82. The van der Waals surface area contributed by atoms with Gasteiger partial charge < -0.3 is 5.32 Å². The Bertz CT molecular complexity index is 607. The molecule has 0 radical (unpaired) electrons. The van der Waals surface area contributed by atoms with Gasteiger partial charge in [0.15, 0.2) is 0 Å². The average molecular weight is 303 g/mol. The first-order chi connectivity index (χ1) is 10.6. The number of nitrogens with one attached hydrogen (secondary N) is 1. The number of halogens is 1. The summed E-state index contributed by atoms with van der Waals surface area (Å²) in [6.45, 7) is 4.74. The molecular weight excluding hydrogens is 281 g/mol. The lowest BCUT2D eigenvalue weighted by Crippen LogP contribution is -2.31. The summed E-state index contributed by atoms with van der Waals surface area (Å²) in [6, 6.07) is 6.56. The fourth-order valence-electron chi connectivity index (χ4n) is 2.13. The zero-order valence-corrected chi connectivity index (χ0v) is 13.1. The minimum Gasteiger partial charge on any atom is -0.354 e. The molecule has 2 aromatic rings. The molecule has 1 amide bonds. The predicted molar refractivity (Wildman–Crippen MR) is 84.8 cm³/mol. The van der Waals surface area contributed by atoms with E-state index in [0.29, 0.717) is 13.0 Å². The number of aromatic nitrogens is 2. The van der Waals surface area contributed by atoms with E-state index in [2.05, 4.69) is 10.4 Å². The van der Waals surface area contributed by atoms with Crippen molar-refractivity contribution in [3.63, 3.8) is 0 Å². The first-order valence-electron chi connectivity index (χ1n) is 7.66. The van der Waals surface area contributed by atoms with E-state index in [-0.39, 0.29) is 17.8 Å². The molecule has 1 heterocycles. The molecule has 1 N–H and O–H groups in total. The highest BCUT2D eigenvalue weighted by Crippen LogP contribution is 2.18. The number of carbonyl (C=O) groups excluding carboxylic acids is 1. The maximum Gasteiger partial charge on any atom is 0.220 e. The van der Waals surface area contributed by atoms with E-state index in [0.717, 1.165) is 24.0 Å². The molecule has 1 atom stereocenters. The molecule has 4 nitrogen and oxygen atoms in total. The number of nitrogens with zero attached hydrogens (tertiary/aromatic N) is 2. The molecule has 0 unspecified atom stereocenters. The van der Waals surface area contributed by atoms with Gasteiger partial charge in [0, 0.05) is 30.8 Å². The SMILES string of the molecule is CC[C@@H](C)NC(=O)CCCn1cc(-c2ccc(F)cc2)cn1. The van der Waals surface area contributed by atoms with Gasteiger partial charge in [0.05, 0.1) is 6.20 Å². The van der Waals surface area contributed by atoms with E-state index in [9.17, 15) is 9.18 Å². The molecule has 5 heteroatoms. The Kier molecular flexibility index (Phi) is 5.69. The van der Waals surface area contributed by atoms with Crippen LogP contribution in [-0.4, -0.2) is 21.7 Å². The molecule has 118 valence electrons. The third kappa shape index (κ3) is 4.69. The Hall–Kier alpha value is -2.17. The summed E-state index contributed by atoms with van der Waals surface area (Å²) in [5, 5.41) is 7.23. The van der Waals surface area contributed by atoms with E-state index < -0.39 is 0 Å². The van der Waals surface area contributed by atoms with Crippen molar-refractivity contribution in [1.82, 2.24) is 15.1 Å². The van der Waals surface area contributed by atoms with Crippen LogP contribution >= 0.6 is 0 Å². The number of carbonyl (C=O) groups is 1. The van der Waals surface area contributed by atoms with Crippen LogP contribution in [0.1, 0.15) is 33.1 Å². The summed E-state index contributed by atoms with van der Waals surface area (Å²) in [7, 11) is 0. The van der Waals surface area contributed by atoms with Crippen LogP contribution in [0.4, 0.5) is 4.39 Å². The van der Waals surface area contributed by atoms with Gasteiger partial charge in [-0.05, 0) is 37.5 Å². The molecule has 0 aliphatic heterocycles. The molecule has 0 spiro atoms. The zero-order chi connectivity index (χ0) is 15.9. The molecule has 2 rings (SSSR count). The Labute approximate surface area is 130 Å². The lowest BCUT2D eigenvalue weighted by Gasteiger charge is -2.10. The quantitative estimate of drug-likeness (QED) is 0.852. The van der Waals surface area contributed by atoms with Crippen molar-refractivity contribution in [1.29, 1.82) is 0 Å². The van der Waals surface area contributed by atoms with Gasteiger partial charge >= 0.3 is 0 Å². The van der Waals surface area contributed by atoms with Crippen molar-refractivity contribution in [3.05, 3.63) is 42.5 Å². The monoisotopic (exact) mass is 303 g/mol. The number of hydrogen-bond donors (Lipinski definition) is 1. The van der Waals surface area contributed by atoms with Crippen LogP contribution in [0.15, 0.2) is 36.7 Å². The number of hydrogen-bond acceptors (Lipinski definition) is 2. The lowest BCUT2D eigenvalue weighted by molar-refractivity contribution is -0.121. The summed E-state index contributed by atoms with van der Waals surface area (Å²) < 4.78 is 14.7. The van der Waals surface area contributed by atoms with Gasteiger partial charge in [0.1, 0.15) is 5.82 Å². The van der Waals surface area contributed by atoms with Crippen LogP contribution in [0.3, 0.4) is 0 Å². The highest BCUT2D eigenvalue weighted by Gasteiger charge is 2.06. The molecular formula is C17H22FN3O. The summed E-state index contributed by atoms with van der Waals surface area (Å²) in [6.07, 6.45) is 5.85. The zero-order valence-electron chi connectivity index (χ0n) is 13.1. The second-order valence-electron chi connectivity index (χ2n) is 5.48. The van der Waals surface area contributed by atoms with Crippen molar-refractivity contribution in [2.75, 3.05) is 0 Å². The molecule has 1 aromatic carbocycles. The number of benzene rings is 1. The summed E-state index contributed by atoms with van der Waals surface area (Å²) >= 11 is 0. The summed E-state index contributed by atoms with van der Waals surface area (Å²) in [5.41, 5.74) is 1.88. The van der Waals surface area contributed by atoms with Crippen molar-refractivity contribution in [2.24, 2.45) is 0 Å². The lowest BCUT2D eigenvalue weighted by atomic mass is 10.1. The van der Waals surface area contributed by atoms with Crippen LogP contribution in [0.5, 0.6) is 0 Å². The molecule has 1 aromatic heterocycles. The first kappa shape index (κ1) is 16.2. The highest BCUT2D eigenvalue weighted by molar-refractivity contribution is 5.76. The second-order valence-corrected chi connectivity index (χ2v) is 5.48. The maximum atomic E-state index is 12.9. The molecule has 0 aliphatic carbocycles. The van der Waals surface area contributed by atoms with E-state index in [4.69, 9.17) is 0 Å². The Morgan fingerprint density at radius 1 is 1.32 bits per heavy atom. The minimum absolute atomic E-state index is 0.0836. The van der Waals surface area contributed by atoms with E-state index in [1.165, 1.54) is 12.1 Å². The van der Waals surface area contributed by atoms with Crippen molar-refractivity contribution >= 4 is 5.91 Å². The van der Waals surface area contributed by atoms with Gasteiger partial charge in [-0.3, -0.25) is 9.48 Å². The normalized spacial score (nSPS) is 12.1. The van der Waals surface area contributed by atoms with Crippen molar-refractivity contribution in [3.8, 4) is 11.1 Å². The number of amides is 1. The van der Waals surface area contributed by atoms with Gasteiger partial charge in [-0.1, -0.05) is 19.1 Å². The van der Waals surface area contributed by atoms with Gasteiger partial charge in [0.25, 0.3) is 0 Å². The fourth-order valence-corrected chi connectivity index (χ4v) is 2.13. The number of rotatable bonds is 7. The average Bonchev–Trinajstić information content (AvgIpc) is 2.96. The van der Waals surface area contributed by atoms with Crippen LogP contribution in [0, 0.1) is 5.82 Å². The molecule has 22 heavy (non-hydrogen) atoms. The maximum absolute atomic E-state index is 12.9. The van der Waals surface area contributed by atoms with Crippen molar-refractivity contribution in [2.45, 2.75) is 45.7 Å². The molecule has 0 fully saturated rings. The van der Waals surface area contributed by atoms with Gasteiger partial charge in [0.2, 0.25) is 5.91 Å². The van der Waals surface area contributed by atoms with Crippen molar-refractivity contribution < 1.29 is 9.18 Å². The van der Waals surface area contributed by atoms with Crippen LogP contribution in [0.25, 0.3) is 11.1 Å². The molecule has 0 bridgehead atoms. The van der Waals surface area contributed by atoms with Crippen LogP contribution < -0.4 is 5.32 Å².